The van der Waals surface area contributed by atoms with Crippen LogP contribution in [0.1, 0.15) is 16.8 Å². The SMILES string of the molecule is Cc1ccc(NC(=O)CNCc2ncccc2C)cc1. The molecule has 1 amide bonds. The van der Waals surface area contributed by atoms with Gasteiger partial charge in [0, 0.05) is 18.4 Å². The van der Waals surface area contributed by atoms with Crippen LogP contribution < -0.4 is 10.6 Å². The highest BCUT2D eigenvalue weighted by atomic mass is 16.1. The van der Waals surface area contributed by atoms with E-state index in [2.05, 4.69) is 15.6 Å². The lowest BCUT2D eigenvalue weighted by molar-refractivity contribution is -0.115. The fourth-order valence-electron chi connectivity index (χ4n) is 1.84. The Morgan fingerprint density at radius 1 is 1.15 bits per heavy atom. The summed E-state index contributed by atoms with van der Waals surface area (Å²) in [5, 5.41) is 5.95. The standard InChI is InChI=1S/C16H19N3O/c1-12-5-7-14(8-6-12)19-16(20)11-17-10-15-13(2)4-3-9-18-15/h3-9,17H,10-11H2,1-2H3,(H,19,20). The minimum absolute atomic E-state index is 0.0533. The number of nitrogens with one attached hydrogen (secondary N) is 2. The van der Waals surface area contributed by atoms with Crippen LogP contribution in [0.5, 0.6) is 0 Å². The zero-order valence-corrected chi connectivity index (χ0v) is 11.8. The van der Waals surface area contributed by atoms with Gasteiger partial charge in [-0.05, 0) is 37.6 Å². The van der Waals surface area contributed by atoms with Gasteiger partial charge < -0.3 is 10.6 Å². The third kappa shape index (κ3) is 4.17. The van der Waals surface area contributed by atoms with Crippen molar-refractivity contribution in [2.24, 2.45) is 0 Å². The van der Waals surface area contributed by atoms with Crippen LogP contribution in [0.2, 0.25) is 0 Å². The maximum absolute atomic E-state index is 11.8. The van der Waals surface area contributed by atoms with Crippen molar-refractivity contribution < 1.29 is 4.79 Å². The maximum Gasteiger partial charge on any atom is 0.238 e. The number of aromatic nitrogens is 1. The van der Waals surface area contributed by atoms with Gasteiger partial charge >= 0.3 is 0 Å². The minimum atomic E-state index is -0.0533. The fraction of sp³-hybridized carbons (Fsp3) is 0.250. The molecule has 0 saturated heterocycles. The summed E-state index contributed by atoms with van der Waals surface area (Å²) >= 11 is 0. The molecule has 0 unspecified atom stereocenters. The molecule has 4 nitrogen and oxygen atoms in total. The molecular weight excluding hydrogens is 250 g/mol. The average molecular weight is 269 g/mol. The molecule has 0 atom stereocenters. The quantitative estimate of drug-likeness (QED) is 0.876. The van der Waals surface area contributed by atoms with Gasteiger partial charge in [-0.25, -0.2) is 0 Å². The van der Waals surface area contributed by atoms with Crippen LogP contribution in [0, 0.1) is 13.8 Å². The number of rotatable bonds is 5. The van der Waals surface area contributed by atoms with Crippen molar-refractivity contribution in [3.8, 4) is 0 Å². The van der Waals surface area contributed by atoms with Crippen molar-refractivity contribution >= 4 is 11.6 Å². The Morgan fingerprint density at radius 3 is 2.60 bits per heavy atom. The summed E-state index contributed by atoms with van der Waals surface area (Å²) in [6.07, 6.45) is 1.76. The van der Waals surface area contributed by atoms with Gasteiger partial charge in [-0.2, -0.15) is 0 Å². The van der Waals surface area contributed by atoms with E-state index >= 15 is 0 Å². The number of carbonyl (C=O) groups excluding carboxylic acids is 1. The average Bonchev–Trinajstić information content (AvgIpc) is 2.43. The molecule has 0 fully saturated rings. The summed E-state index contributed by atoms with van der Waals surface area (Å²) in [5.41, 5.74) is 4.08. The zero-order valence-electron chi connectivity index (χ0n) is 11.8. The molecule has 0 bridgehead atoms. The normalized spacial score (nSPS) is 10.3. The zero-order chi connectivity index (χ0) is 14.4. The molecule has 0 spiro atoms. The molecule has 1 heterocycles. The van der Waals surface area contributed by atoms with Gasteiger partial charge in [-0.3, -0.25) is 9.78 Å². The van der Waals surface area contributed by atoms with Crippen LogP contribution in [0.25, 0.3) is 0 Å². The number of aryl methyl sites for hydroxylation is 2. The van der Waals surface area contributed by atoms with Gasteiger partial charge in [0.25, 0.3) is 0 Å². The van der Waals surface area contributed by atoms with Crippen molar-refractivity contribution in [2.75, 3.05) is 11.9 Å². The number of hydrogen-bond donors (Lipinski definition) is 2. The second-order valence-corrected chi connectivity index (χ2v) is 4.78. The smallest absolute Gasteiger partial charge is 0.238 e. The molecule has 0 aliphatic carbocycles. The molecule has 0 radical (unpaired) electrons. The number of nitrogens with zero attached hydrogens (tertiary/aromatic N) is 1. The number of anilines is 1. The third-order valence-electron chi connectivity index (χ3n) is 3.03. The van der Waals surface area contributed by atoms with Gasteiger partial charge in [0.1, 0.15) is 0 Å². The van der Waals surface area contributed by atoms with Crippen molar-refractivity contribution in [1.82, 2.24) is 10.3 Å². The van der Waals surface area contributed by atoms with Crippen molar-refractivity contribution in [1.29, 1.82) is 0 Å². The Morgan fingerprint density at radius 2 is 1.90 bits per heavy atom. The molecule has 1 aromatic carbocycles. The van der Waals surface area contributed by atoms with E-state index in [9.17, 15) is 4.79 Å². The topological polar surface area (TPSA) is 54.0 Å². The van der Waals surface area contributed by atoms with E-state index in [0.717, 1.165) is 16.9 Å². The molecule has 2 aromatic rings. The summed E-state index contributed by atoms with van der Waals surface area (Å²) in [6, 6.07) is 11.7. The number of hydrogen-bond acceptors (Lipinski definition) is 3. The van der Waals surface area contributed by atoms with E-state index in [-0.39, 0.29) is 12.5 Å². The highest BCUT2D eigenvalue weighted by molar-refractivity contribution is 5.92. The molecule has 0 aliphatic rings. The van der Waals surface area contributed by atoms with Crippen molar-refractivity contribution in [2.45, 2.75) is 20.4 Å². The summed E-state index contributed by atoms with van der Waals surface area (Å²) < 4.78 is 0. The Bertz CT molecular complexity index is 579. The fourth-order valence-corrected chi connectivity index (χ4v) is 1.84. The van der Waals surface area contributed by atoms with E-state index < -0.39 is 0 Å². The molecule has 104 valence electrons. The van der Waals surface area contributed by atoms with E-state index in [1.165, 1.54) is 5.56 Å². The van der Waals surface area contributed by atoms with Crippen LogP contribution in [0.3, 0.4) is 0 Å². The maximum atomic E-state index is 11.8. The first-order chi connectivity index (χ1) is 9.65. The Labute approximate surface area is 119 Å². The van der Waals surface area contributed by atoms with E-state index in [0.29, 0.717) is 6.54 Å². The van der Waals surface area contributed by atoms with E-state index in [1.54, 1.807) is 6.20 Å². The Balaban J connectivity index is 1.78. The number of pyridine rings is 1. The lowest BCUT2D eigenvalue weighted by atomic mass is 10.2. The second-order valence-electron chi connectivity index (χ2n) is 4.78. The second kappa shape index (κ2) is 6.82. The van der Waals surface area contributed by atoms with Crippen LogP contribution in [-0.2, 0) is 11.3 Å². The third-order valence-corrected chi connectivity index (χ3v) is 3.03. The van der Waals surface area contributed by atoms with E-state index in [4.69, 9.17) is 0 Å². The Kier molecular flexibility index (Phi) is 4.85. The molecule has 2 N–H and O–H groups in total. The van der Waals surface area contributed by atoms with Gasteiger partial charge in [0.2, 0.25) is 5.91 Å². The van der Waals surface area contributed by atoms with Gasteiger partial charge in [-0.15, -0.1) is 0 Å². The van der Waals surface area contributed by atoms with Crippen LogP contribution in [0.4, 0.5) is 5.69 Å². The van der Waals surface area contributed by atoms with Gasteiger partial charge in [-0.1, -0.05) is 23.8 Å². The van der Waals surface area contributed by atoms with Crippen molar-refractivity contribution in [3.05, 3.63) is 59.4 Å². The number of amides is 1. The summed E-state index contributed by atoms with van der Waals surface area (Å²) in [4.78, 5) is 16.1. The summed E-state index contributed by atoms with van der Waals surface area (Å²) in [5.74, 6) is -0.0533. The first-order valence-electron chi connectivity index (χ1n) is 6.63. The number of benzene rings is 1. The van der Waals surface area contributed by atoms with Crippen LogP contribution in [-0.4, -0.2) is 17.4 Å². The molecule has 0 aliphatic heterocycles. The first kappa shape index (κ1) is 14.2. The molecule has 2 rings (SSSR count). The highest BCUT2D eigenvalue weighted by Crippen LogP contribution is 2.08. The molecule has 4 heteroatoms. The van der Waals surface area contributed by atoms with Gasteiger partial charge in [0.05, 0.1) is 12.2 Å². The van der Waals surface area contributed by atoms with Gasteiger partial charge in [0.15, 0.2) is 0 Å². The lowest BCUT2D eigenvalue weighted by Gasteiger charge is -2.08. The van der Waals surface area contributed by atoms with E-state index in [1.807, 2.05) is 50.2 Å². The first-order valence-corrected chi connectivity index (χ1v) is 6.63. The monoisotopic (exact) mass is 269 g/mol. The predicted molar refractivity (Wildman–Crippen MR) is 80.5 cm³/mol. The van der Waals surface area contributed by atoms with Crippen LogP contribution >= 0.6 is 0 Å². The largest absolute Gasteiger partial charge is 0.325 e. The lowest BCUT2D eigenvalue weighted by Crippen LogP contribution is -2.28. The molecule has 1 aromatic heterocycles. The summed E-state index contributed by atoms with van der Waals surface area (Å²) in [7, 11) is 0. The van der Waals surface area contributed by atoms with Crippen molar-refractivity contribution in [3.63, 3.8) is 0 Å². The summed E-state index contributed by atoms with van der Waals surface area (Å²) in [6.45, 7) is 4.89. The predicted octanol–water partition coefficient (Wildman–Crippen LogP) is 2.43. The Hall–Kier alpha value is -2.20. The molecule has 0 saturated carbocycles. The number of carbonyl (C=O) groups is 1. The highest BCUT2D eigenvalue weighted by Gasteiger charge is 2.03. The molecule has 20 heavy (non-hydrogen) atoms. The minimum Gasteiger partial charge on any atom is -0.325 e. The molecular formula is C16H19N3O. The van der Waals surface area contributed by atoms with Crippen LogP contribution in [0.15, 0.2) is 42.6 Å².